The summed E-state index contributed by atoms with van der Waals surface area (Å²) in [6.45, 7) is 0. The molecule has 1 unspecified atom stereocenters. The fourth-order valence-electron chi connectivity index (χ4n) is 2.82. The van der Waals surface area contributed by atoms with Crippen LogP contribution in [-0.4, -0.2) is 27.3 Å². The molecule has 2 N–H and O–H groups in total. The minimum atomic E-state index is -3.76. The van der Waals surface area contributed by atoms with Crippen molar-refractivity contribution in [2.24, 2.45) is 0 Å². The molecule has 0 aliphatic carbocycles. The van der Waals surface area contributed by atoms with Crippen LogP contribution >= 0.6 is 23.2 Å². The summed E-state index contributed by atoms with van der Waals surface area (Å²) in [6.07, 6.45) is -1.31. The van der Waals surface area contributed by atoms with Crippen LogP contribution < -0.4 is 10.0 Å². The smallest absolute Gasteiger partial charge is 0.339 e. The Kier molecular flexibility index (Phi) is 7.52. The topological polar surface area (TPSA) is 102 Å². The number of carbonyl (C=O) groups excluding carboxylic acids is 2. The van der Waals surface area contributed by atoms with Gasteiger partial charge in [-0.3, -0.25) is 4.79 Å². The van der Waals surface area contributed by atoms with Gasteiger partial charge < -0.3 is 10.1 Å². The van der Waals surface area contributed by atoms with E-state index in [1.54, 1.807) is 30.3 Å². The number of anilines is 1. The number of benzene rings is 3. The highest BCUT2D eigenvalue weighted by Gasteiger charge is 2.26. The fraction of sp³-hybridized carbons (Fsp3) is 0.0909. The van der Waals surface area contributed by atoms with E-state index in [9.17, 15) is 18.0 Å². The average molecular weight is 493 g/mol. The van der Waals surface area contributed by atoms with Crippen LogP contribution in [0, 0.1) is 0 Å². The van der Waals surface area contributed by atoms with E-state index in [0.29, 0.717) is 21.3 Å². The van der Waals surface area contributed by atoms with E-state index in [4.69, 9.17) is 27.9 Å². The van der Waals surface area contributed by atoms with Crippen molar-refractivity contribution in [1.82, 2.24) is 4.72 Å². The van der Waals surface area contributed by atoms with Crippen LogP contribution in [0.25, 0.3) is 0 Å². The number of hydrogen-bond acceptors (Lipinski definition) is 5. The predicted octanol–water partition coefficient (Wildman–Crippen LogP) is 4.44. The van der Waals surface area contributed by atoms with Gasteiger partial charge in [0.05, 0.1) is 10.5 Å². The molecule has 0 saturated heterocycles. The molecular formula is C22H18Cl2N2O5S. The average Bonchev–Trinajstić information content (AvgIpc) is 2.77. The number of sulfonamides is 1. The number of hydrogen-bond donors (Lipinski definition) is 2. The van der Waals surface area contributed by atoms with Gasteiger partial charge in [0, 0.05) is 21.3 Å². The Hall–Kier alpha value is -2.91. The minimum Gasteiger partial charge on any atom is -0.444 e. The summed E-state index contributed by atoms with van der Waals surface area (Å²) in [5.74, 6) is -1.51. The van der Waals surface area contributed by atoms with Crippen molar-refractivity contribution in [3.05, 3.63) is 94.0 Å². The van der Waals surface area contributed by atoms with E-state index in [-0.39, 0.29) is 10.5 Å². The number of rotatable bonds is 7. The van der Waals surface area contributed by atoms with Gasteiger partial charge in [-0.15, -0.1) is 0 Å². The van der Waals surface area contributed by atoms with Crippen molar-refractivity contribution < 1.29 is 22.7 Å². The molecule has 1 amide bonds. The third kappa shape index (κ3) is 5.86. The number of amides is 1. The Bertz CT molecular complexity index is 1230. The zero-order valence-electron chi connectivity index (χ0n) is 16.7. The molecule has 7 nitrogen and oxygen atoms in total. The molecule has 3 aromatic rings. The molecule has 0 saturated carbocycles. The maximum Gasteiger partial charge on any atom is 0.339 e. The number of esters is 1. The van der Waals surface area contributed by atoms with Gasteiger partial charge in [0.2, 0.25) is 16.1 Å². The molecule has 0 heterocycles. The molecule has 0 aromatic heterocycles. The minimum absolute atomic E-state index is 0.0270. The lowest BCUT2D eigenvalue weighted by molar-refractivity contribution is -0.125. The quantitative estimate of drug-likeness (QED) is 0.474. The second kappa shape index (κ2) is 10.1. The Morgan fingerprint density at radius 2 is 1.56 bits per heavy atom. The number of nitrogens with one attached hydrogen (secondary N) is 2. The van der Waals surface area contributed by atoms with Crippen molar-refractivity contribution in [1.29, 1.82) is 0 Å². The van der Waals surface area contributed by atoms with Gasteiger partial charge in [0.25, 0.3) is 5.91 Å². The van der Waals surface area contributed by atoms with Crippen LogP contribution in [0.4, 0.5) is 5.69 Å². The maximum atomic E-state index is 13.0. The van der Waals surface area contributed by atoms with E-state index in [2.05, 4.69) is 10.0 Å². The van der Waals surface area contributed by atoms with E-state index in [1.165, 1.54) is 49.5 Å². The van der Waals surface area contributed by atoms with E-state index in [1.807, 2.05) is 0 Å². The van der Waals surface area contributed by atoms with Crippen molar-refractivity contribution in [3.8, 4) is 0 Å². The van der Waals surface area contributed by atoms with Gasteiger partial charge in [-0.05, 0) is 43.4 Å². The van der Waals surface area contributed by atoms with Crippen molar-refractivity contribution >= 4 is 50.8 Å². The Balaban J connectivity index is 1.89. The predicted molar refractivity (Wildman–Crippen MR) is 122 cm³/mol. The van der Waals surface area contributed by atoms with Gasteiger partial charge >= 0.3 is 5.97 Å². The molecule has 0 aliphatic rings. The number of ether oxygens (including phenoxy) is 1. The van der Waals surface area contributed by atoms with E-state index >= 15 is 0 Å². The molecule has 0 radical (unpaired) electrons. The van der Waals surface area contributed by atoms with Gasteiger partial charge in [0.1, 0.15) is 0 Å². The molecule has 0 bridgehead atoms. The highest BCUT2D eigenvalue weighted by atomic mass is 35.5. The maximum absolute atomic E-state index is 13.0. The molecule has 166 valence electrons. The molecule has 10 heteroatoms. The van der Waals surface area contributed by atoms with Crippen LogP contribution in [0.5, 0.6) is 0 Å². The van der Waals surface area contributed by atoms with Crippen molar-refractivity contribution in [2.45, 2.75) is 11.0 Å². The van der Waals surface area contributed by atoms with E-state index < -0.39 is 28.0 Å². The summed E-state index contributed by atoms with van der Waals surface area (Å²) in [4.78, 5) is 25.7. The molecule has 1 atom stereocenters. The Morgan fingerprint density at radius 1 is 0.906 bits per heavy atom. The second-order valence-corrected chi connectivity index (χ2v) is 9.34. The summed E-state index contributed by atoms with van der Waals surface area (Å²) < 4.78 is 31.7. The largest absolute Gasteiger partial charge is 0.444 e. The summed E-state index contributed by atoms with van der Waals surface area (Å²) >= 11 is 12.0. The molecule has 3 aromatic carbocycles. The van der Waals surface area contributed by atoms with Gasteiger partial charge in [-0.2, -0.15) is 0 Å². The summed E-state index contributed by atoms with van der Waals surface area (Å²) in [5, 5.41) is 3.28. The van der Waals surface area contributed by atoms with Gasteiger partial charge in [-0.1, -0.05) is 59.6 Å². The van der Waals surface area contributed by atoms with Crippen LogP contribution in [0.1, 0.15) is 22.0 Å². The van der Waals surface area contributed by atoms with Crippen LogP contribution in [-0.2, 0) is 19.6 Å². The zero-order valence-corrected chi connectivity index (χ0v) is 19.0. The van der Waals surface area contributed by atoms with Crippen molar-refractivity contribution in [3.63, 3.8) is 0 Å². The first-order valence-electron chi connectivity index (χ1n) is 9.26. The van der Waals surface area contributed by atoms with Gasteiger partial charge in [-0.25, -0.2) is 17.9 Å². The number of halogens is 2. The summed E-state index contributed by atoms with van der Waals surface area (Å²) in [7, 11) is -2.50. The second-order valence-electron chi connectivity index (χ2n) is 6.58. The fourth-order valence-corrected chi connectivity index (χ4v) is 4.12. The first kappa shape index (κ1) is 23.7. The van der Waals surface area contributed by atoms with Crippen LogP contribution in [0.3, 0.4) is 0 Å². The summed E-state index contributed by atoms with van der Waals surface area (Å²) in [6, 6.07) is 18.2. The molecule has 0 spiro atoms. The third-order valence-electron chi connectivity index (χ3n) is 4.34. The van der Waals surface area contributed by atoms with Gasteiger partial charge in [0.15, 0.2) is 0 Å². The molecule has 32 heavy (non-hydrogen) atoms. The third-order valence-corrected chi connectivity index (χ3v) is 6.19. The van der Waals surface area contributed by atoms with E-state index in [0.717, 1.165) is 0 Å². The standard InChI is InChI=1S/C22H18Cl2N2O5S/c1-25-32(29,30)19-9-5-8-15(10-19)22(28)31-20(14-6-3-2-4-7-14)21(27)26-18-12-16(23)11-17(24)13-18/h2-13,20,25H,1H3,(H,26,27). The first-order valence-corrected chi connectivity index (χ1v) is 11.5. The Morgan fingerprint density at radius 3 is 2.19 bits per heavy atom. The highest BCUT2D eigenvalue weighted by molar-refractivity contribution is 7.89. The lowest BCUT2D eigenvalue weighted by Gasteiger charge is -2.18. The zero-order chi connectivity index (χ0) is 23.3. The first-order chi connectivity index (χ1) is 15.2. The van der Waals surface area contributed by atoms with Crippen molar-refractivity contribution in [2.75, 3.05) is 12.4 Å². The molecule has 0 fully saturated rings. The highest BCUT2D eigenvalue weighted by Crippen LogP contribution is 2.26. The normalized spacial score (nSPS) is 12.1. The molecule has 0 aliphatic heterocycles. The Labute approximate surface area is 195 Å². The monoisotopic (exact) mass is 492 g/mol. The van der Waals surface area contributed by atoms with Crippen LogP contribution in [0.2, 0.25) is 10.0 Å². The molecule has 3 rings (SSSR count). The van der Waals surface area contributed by atoms with Crippen LogP contribution in [0.15, 0.2) is 77.7 Å². The number of carbonyl (C=O) groups is 2. The SMILES string of the molecule is CNS(=O)(=O)c1cccc(C(=O)OC(C(=O)Nc2cc(Cl)cc(Cl)c2)c2ccccc2)c1. The lowest BCUT2D eigenvalue weighted by atomic mass is 10.1. The lowest BCUT2D eigenvalue weighted by Crippen LogP contribution is -2.26. The molecular weight excluding hydrogens is 475 g/mol. The summed E-state index contributed by atoms with van der Waals surface area (Å²) in [5.41, 5.74) is 0.720.